The third-order valence-corrected chi connectivity index (χ3v) is 4.96. The first-order valence-corrected chi connectivity index (χ1v) is 10.8. The minimum atomic E-state index is -0.939. The van der Waals surface area contributed by atoms with E-state index >= 15 is 0 Å². The molecule has 11 heteroatoms. The van der Waals surface area contributed by atoms with Crippen LogP contribution in [0.15, 0.2) is 33.9 Å². The number of rotatable bonds is 12. The van der Waals surface area contributed by atoms with Crippen molar-refractivity contribution < 1.29 is 19.3 Å². The fraction of sp³-hybridized carbons (Fsp3) is 0.500. The number of nitrogens with zero attached hydrogens (tertiary/aromatic N) is 3. The van der Waals surface area contributed by atoms with E-state index in [-0.39, 0.29) is 30.4 Å². The number of nitrogens with one attached hydrogen (secondary N) is 2. The first-order valence-electron chi connectivity index (χ1n) is 10.8. The predicted octanol–water partition coefficient (Wildman–Crippen LogP) is 1.10. The normalized spacial score (nSPS) is 12.3. The lowest BCUT2D eigenvalue weighted by atomic mass is 10.3. The van der Waals surface area contributed by atoms with Crippen molar-refractivity contribution in [2.24, 2.45) is 7.05 Å². The van der Waals surface area contributed by atoms with Crippen molar-refractivity contribution in [3.8, 4) is 11.5 Å². The molecule has 2 aromatic heterocycles. The number of anilines is 1. The van der Waals surface area contributed by atoms with Crippen LogP contribution in [-0.4, -0.2) is 63.3 Å². The lowest BCUT2D eigenvalue weighted by Crippen LogP contribution is -2.31. The number of ether oxygens (including phenoxy) is 3. The first-order chi connectivity index (χ1) is 15.8. The zero-order valence-electron chi connectivity index (χ0n) is 19.3. The van der Waals surface area contributed by atoms with Gasteiger partial charge in [-0.3, -0.25) is 14.3 Å². The number of H-pyrrole nitrogens is 1. The van der Waals surface area contributed by atoms with Gasteiger partial charge in [0.15, 0.2) is 11.2 Å². The Morgan fingerprint density at radius 3 is 2.55 bits per heavy atom. The largest absolute Gasteiger partial charge is 0.497 e. The summed E-state index contributed by atoms with van der Waals surface area (Å²) in [5.74, 6) is 1.66. The molecule has 33 heavy (non-hydrogen) atoms. The van der Waals surface area contributed by atoms with E-state index in [1.807, 2.05) is 13.8 Å². The van der Waals surface area contributed by atoms with Crippen LogP contribution in [0.1, 0.15) is 20.3 Å². The highest BCUT2D eigenvalue weighted by Crippen LogP contribution is 2.19. The van der Waals surface area contributed by atoms with E-state index in [0.717, 1.165) is 6.42 Å². The summed E-state index contributed by atoms with van der Waals surface area (Å²) in [4.78, 5) is 31.3. The van der Waals surface area contributed by atoms with Crippen LogP contribution in [-0.2, 0) is 18.3 Å². The van der Waals surface area contributed by atoms with Crippen molar-refractivity contribution in [1.82, 2.24) is 19.1 Å². The molecule has 0 fully saturated rings. The van der Waals surface area contributed by atoms with Crippen molar-refractivity contribution in [1.29, 1.82) is 0 Å². The molecule has 3 rings (SSSR count). The van der Waals surface area contributed by atoms with Gasteiger partial charge in [0.05, 0.1) is 19.8 Å². The van der Waals surface area contributed by atoms with E-state index in [2.05, 4.69) is 15.3 Å². The summed E-state index contributed by atoms with van der Waals surface area (Å²) in [6.45, 7) is 5.09. The summed E-state index contributed by atoms with van der Waals surface area (Å²) in [6.07, 6.45) is -0.0748. The molecule has 0 aliphatic carbocycles. The van der Waals surface area contributed by atoms with Gasteiger partial charge in [0.1, 0.15) is 24.2 Å². The van der Waals surface area contributed by atoms with Crippen LogP contribution >= 0.6 is 0 Å². The molecule has 1 atom stereocenters. The number of aliphatic hydroxyl groups is 1. The minimum Gasteiger partial charge on any atom is -0.497 e. The third-order valence-electron chi connectivity index (χ3n) is 4.96. The second kappa shape index (κ2) is 11.0. The SMILES string of the molecule is COc1ccc(OCC(O)Cn2c(NCCCOC(C)C)nc3c2c(=O)[nH]c(=O)n3C)cc1. The van der Waals surface area contributed by atoms with Crippen molar-refractivity contribution in [3.63, 3.8) is 0 Å². The van der Waals surface area contributed by atoms with Crippen LogP contribution in [0.4, 0.5) is 5.95 Å². The van der Waals surface area contributed by atoms with Gasteiger partial charge in [-0.05, 0) is 44.5 Å². The number of imidazole rings is 1. The molecule has 0 bridgehead atoms. The maximum atomic E-state index is 12.6. The highest BCUT2D eigenvalue weighted by atomic mass is 16.5. The zero-order chi connectivity index (χ0) is 24.0. The molecule has 1 unspecified atom stereocenters. The van der Waals surface area contributed by atoms with Gasteiger partial charge in [-0.25, -0.2) is 4.79 Å². The van der Waals surface area contributed by atoms with Gasteiger partial charge in [0, 0.05) is 20.2 Å². The Morgan fingerprint density at radius 2 is 1.88 bits per heavy atom. The molecule has 11 nitrogen and oxygen atoms in total. The van der Waals surface area contributed by atoms with Gasteiger partial charge in [0.2, 0.25) is 5.95 Å². The molecule has 180 valence electrons. The standard InChI is InChI=1S/C22H31N5O6/c1-14(2)32-11-5-10-23-21-24-19-18(20(29)25-22(30)26(19)3)27(21)12-15(28)13-33-17-8-6-16(31-4)7-9-17/h6-9,14-15,28H,5,10-13H2,1-4H3,(H,23,24)(H,25,29,30). The third kappa shape index (κ3) is 6.14. The molecule has 0 aliphatic rings. The summed E-state index contributed by atoms with van der Waals surface area (Å²) in [5, 5.41) is 13.8. The molecule has 0 spiro atoms. The lowest BCUT2D eigenvalue weighted by Gasteiger charge is -2.16. The average molecular weight is 462 g/mol. The molecule has 3 aromatic rings. The van der Waals surface area contributed by atoms with E-state index in [1.165, 1.54) is 11.6 Å². The lowest BCUT2D eigenvalue weighted by molar-refractivity contribution is 0.0786. The Labute approximate surface area is 190 Å². The van der Waals surface area contributed by atoms with Crippen molar-refractivity contribution in [2.45, 2.75) is 39.0 Å². The Morgan fingerprint density at radius 1 is 1.18 bits per heavy atom. The number of fused-ring (bicyclic) bond motifs is 1. The van der Waals surface area contributed by atoms with Crippen molar-refractivity contribution in [3.05, 3.63) is 45.1 Å². The van der Waals surface area contributed by atoms with Crippen LogP contribution in [0, 0.1) is 0 Å². The molecule has 0 aliphatic heterocycles. The molecule has 0 saturated heterocycles. The van der Waals surface area contributed by atoms with E-state index < -0.39 is 17.4 Å². The number of hydrogen-bond donors (Lipinski definition) is 3. The van der Waals surface area contributed by atoms with E-state index in [9.17, 15) is 14.7 Å². The summed E-state index contributed by atoms with van der Waals surface area (Å²) in [5.41, 5.74) is -0.702. The molecule has 1 aromatic carbocycles. The van der Waals surface area contributed by atoms with Gasteiger partial charge >= 0.3 is 5.69 Å². The monoisotopic (exact) mass is 461 g/mol. The van der Waals surface area contributed by atoms with E-state index in [1.54, 1.807) is 35.9 Å². The van der Waals surface area contributed by atoms with E-state index in [4.69, 9.17) is 14.2 Å². The fourth-order valence-corrected chi connectivity index (χ4v) is 3.27. The van der Waals surface area contributed by atoms with E-state index in [0.29, 0.717) is 30.6 Å². The molecule has 0 saturated carbocycles. The second-order valence-corrected chi connectivity index (χ2v) is 7.88. The molecule has 0 radical (unpaired) electrons. The molecular formula is C22H31N5O6. The Hall–Kier alpha value is -3.31. The summed E-state index contributed by atoms with van der Waals surface area (Å²) < 4.78 is 19.2. The van der Waals surface area contributed by atoms with Gasteiger partial charge in [0.25, 0.3) is 5.56 Å². The fourth-order valence-electron chi connectivity index (χ4n) is 3.27. The maximum Gasteiger partial charge on any atom is 0.329 e. The second-order valence-electron chi connectivity index (χ2n) is 7.88. The van der Waals surface area contributed by atoms with Gasteiger partial charge in [-0.15, -0.1) is 0 Å². The average Bonchev–Trinajstić information content (AvgIpc) is 3.14. The molecule has 3 N–H and O–H groups in total. The summed E-state index contributed by atoms with van der Waals surface area (Å²) in [7, 11) is 3.11. The molecule has 2 heterocycles. The van der Waals surface area contributed by atoms with Crippen LogP contribution in [0.2, 0.25) is 0 Å². The number of aromatic nitrogens is 4. The Bertz CT molecular complexity index is 1160. The highest BCUT2D eigenvalue weighted by Gasteiger charge is 2.20. The number of methoxy groups -OCH3 is 1. The van der Waals surface area contributed by atoms with Gasteiger partial charge in [-0.1, -0.05) is 0 Å². The number of aromatic amines is 1. The quantitative estimate of drug-likeness (QED) is 0.342. The van der Waals surface area contributed by atoms with Crippen LogP contribution < -0.4 is 26.0 Å². The van der Waals surface area contributed by atoms with Crippen LogP contribution in [0.3, 0.4) is 0 Å². The molecule has 0 amide bonds. The minimum absolute atomic E-state index is 0.00264. The van der Waals surface area contributed by atoms with Gasteiger partial charge < -0.3 is 29.2 Å². The maximum absolute atomic E-state index is 12.6. The number of benzene rings is 1. The van der Waals surface area contributed by atoms with Crippen LogP contribution in [0.5, 0.6) is 11.5 Å². The van der Waals surface area contributed by atoms with Crippen molar-refractivity contribution in [2.75, 3.05) is 32.2 Å². The topological polar surface area (TPSA) is 133 Å². The molecular weight excluding hydrogens is 430 g/mol. The number of aryl methyl sites for hydroxylation is 1. The smallest absolute Gasteiger partial charge is 0.329 e. The highest BCUT2D eigenvalue weighted by molar-refractivity contribution is 5.74. The summed E-state index contributed by atoms with van der Waals surface area (Å²) >= 11 is 0. The number of aliphatic hydroxyl groups excluding tert-OH is 1. The van der Waals surface area contributed by atoms with Crippen molar-refractivity contribution >= 4 is 17.1 Å². The first kappa shape index (κ1) is 24.3. The number of hydrogen-bond acceptors (Lipinski definition) is 8. The van der Waals surface area contributed by atoms with Gasteiger partial charge in [-0.2, -0.15) is 4.98 Å². The Balaban J connectivity index is 1.77. The summed E-state index contributed by atoms with van der Waals surface area (Å²) in [6, 6.07) is 7.00. The Kier molecular flexibility index (Phi) is 8.12. The zero-order valence-corrected chi connectivity index (χ0v) is 19.3. The predicted molar refractivity (Wildman–Crippen MR) is 124 cm³/mol. The van der Waals surface area contributed by atoms with Crippen LogP contribution in [0.25, 0.3) is 11.2 Å².